The van der Waals surface area contributed by atoms with E-state index in [-0.39, 0.29) is 11.5 Å². The third-order valence-electron chi connectivity index (χ3n) is 2.58. The number of aromatic nitrogens is 3. The van der Waals surface area contributed by atoms with E-state index in [1.807, 2.05) is 0 Å². The summed E-state index contributed by atoms with van der Waals surface area (Å²) in [6.07, 6.45) is 0. The summed E-state index contributed by atoms with van der Waals surface area (Å²) in [6.45, 7) is 2.13. The van der Waals surface area contributed by atoms with Crippen molar-refractivity contribution in [3.8, 4) is 0 Å². The molecule has 0 aliphatic carbocycles. The van der Waals surface area contributed by atoms with Crippen LogP contribution in [0.1, 0.15) is 16.2 Å². The smallest absolute Gasteiger partial charge is 0.358 e. The number of aromatic carboxylic acids is 1. The number of hydrogen-bond acceptors (Lipinski definition) is 4. The van der Waals surface area contributed by atoms with Crippen LogP contribution in [0.25, 0.3) is 0 Å². The zero-order valence-corrected chi connectivity index (χ0v) is 11.0. The van der Waals surface area contributed by atoms with Gasteiger partial charge in [-0.25, -0.2) is 13.9 Å². The van der Waals surface area contributed by atoms with Crippen LogP contribution in [0.4, 0.5) is 4.39 Å². The van der Waals surface area contributed by atoms with Crippen molar-refractivity contribution in [3.63, 3.8) is 0 Å². The Labute approximate surface area is 113 Å². The fourth-order valence-corrected chi connectivity index (χ4v) is 2.44. The summed E-state index contributed by atoms with van der Waals surface area (Å²) in [4.78, 5) is 11.4. The molecule has 0 saturated heterocycles. The first kappa shape index (κ1) is 13.5. The summed E-state index contributed by atoms with van der Waals surface area (Å²) in [5.74, 6) is -0.760. The van der Waals surface area contributed by atoms with Gasteiger partial charge in [-0.05, 0) is 19.1 Å². The predicted octanol–water partition coefficient (Wildman–Crippen LogP) is 2.22. The van der Waals surface area contributed by atoms with Crippen molar-refractivity contribution in [2.24, 2.45) is 0 Å². The van der Waals surface area contributed by atoms with Gasteiger partial charge < -0.3 is 5.11 Å². The van der Waals surface area contributed by atoms with E-state index in [9.17, 15) is 9.18 Å². The number of carbonyl (C=O) groups is 1. The number of aryl methyl sites for hydroxylation is 1. The highest BCUT2D eigenvalue weighted by Crippen LogP contribution is 2.21. The van der Waals surface area contributed by atoms with Crippen LogP contribution in [-0.2, 0) is 6.54 Å². The van der Waals surface area contributed by atoms with Gasteiger partial charge in [-0.3, -0.25) is 0 Å². The summed E-state index contributed by atoms with van der Waals surface area (Å²) in [7, 11) is 0. The Morgan fingerprint density at radius 1 is 1.47 bits per heavy atom. The highest BCUT2D eigenvalue weighted by molar-refractivity contribution is 7.99. The second-order valence-electron chi connectivity index (χ2n) is 3.83. The molecule has 1 aromatic carbocycles. The molecule has 0 amide bonds. The minimum absolute atomic E-state index is 0.0455. The largest absolute Gasteiger partial charge is 0.476 e. The molecule has 0 aliphatic rings. The molecule has 0 aliphatic heterocycles. The van der Waals surface area contributed by atoms with Crippen LogP contribution >= 0.6 is 11.8 Å². The van der Waals surface area contributed by atoms with Gasteiger partial charge in [0, 0.05) is 10.6 Å². The van der Waals surface area contributed by atoms with E-state index in [0.29, 0.717) is 22.9 Å². The second kappa shape index (κ2) is 5.83. The van der Waals surface area contributed by atoms with Gasteiger partial charge >= 0.3 is 5.97 Å². The first-order valence-corrected chi connectivity index (χ1v) is 6.59. The molecule has 7 heteroatoms. The van der Waals surface area contributed by atoms with Crippen molar-refractivity contribution in [1.29, 1.82) is 0 Å². The van der Waals surface area contributed by atoms with Gasteiger partial charge in [-0.2, -0.15) is 0 Å². The van der Waals surface area contributed by atoms with Crippen molar-refractivity contribution in [2.75, 3.05) is 5.75 Å². The highest BCUT2D eigenvalue weighted by atomic mass is 32.2. The lowest BCUT2D eigenvalue weighted by Gasteiger charge is -2.04. The first-order valence-electron chi connectivity index (χ1n) is 5.60. The highest BCUT2D eigenvalue weighted by Gasteiger charge is 2.14. The van der Waals surface area contributed by atoms with Gasteiger partial charge in [0.25, 0.3) is 0 Å². The Morgan fingerprint density at radius 2 is 2.21 bits per heavy atom. The predicted molar refractivity (Wildman–Crippen MR) is 68.8 cm³/mol. The van der Waals surface area contributed by atoms with Gasteiger partial charge in [0.1, 0.15) is 5.82 Å². The minimum atomic E-state index is -1.09. The molecule has 1 aromatic heterocycles. The number of hydrogen-bond donors (Lipinski definition) is 1. The molecule has 2 aromatic rings. The molecule has 100 valence electrons. The average molecular weight is 281 g/mol. The van der Waals surface area contributed by atoms with Gasteiger partial charge in [0.05, 0.1) is 12.2 Å². The van der Waals surface area contributed by atoms with E-state index in [1.165, 1.54) is 22.5 Å². The standard InChI is InChI=1S/C12H12FN3O2S/c1-8-11(12(17)18)14-15-16(8)6-7-19-10-5-3-2-4-9(10)13/h2-5H,6-7H2,1H3,(H,17,18). The van der Waals surface area contributed by atoms with E-state index < -0.39 is 5.97 Å². The van der Waals surface area contributed by atoms with Crippen LogP contribution in [0, 0.1) is 12.7 Å². The van der Waals surface area contributed by atoms with Crippen LogP contribution in [0.3, 0.4) is 0 Å². The van der Waals surface area contributed by atoms with Crippen LogP contribution in [-0.4, -0.2) is 31.8 Å². The van der Waals surface area contributed by atoms with Crippen molar-refractivity contribution < 1.29 is 14.3 Å². The number of carboxylic acid groups (broad SMARTS) is 1. The Hall–Kier alpha value is -1.89. The molecule has 1 N–H and O–H groups in total. The molecule has 2 rings (SSSR count). The molecule has 0 radical (unpaired) electrons. The van der Waals surface area contributed by atoms with Crippen LogP contribution < -0.4 is 0 Å². The molecule has 5 nitrogen and oxygen atoms in total. The Kier molecular flexibility index (Phi) is 4.16. The van der Waals surface area contributed by atoms with E-state index >= 15 is 0 Å². The maximum atomic E-state index is 13.4. The van der Waals surface area contributed by atoms with E-state index in [4.69, 9.17) is 5.11 Å². The van der Waals surface area contributed by atoms with Crippen LogP contribution in [0.15, 0.2) is 29.2 Å². The summed E-state index contributed by atoms with van der Waals surface area (Å²) < 4.78 is 14.9. The quantitative estimate of drug-likeness (QED) is 0.851. The molecule has 0 unspecified atom stereocenters. The zero-order valence-electron chi connectivity index (χ0n) is 10.2. The third kappa shape index (κ3) is 3.11. The number of thioether (sulfide) groups is 1. The maximum absolute atomic E-state index is 13.4. The number of nitrogens with zero attached hydrogens (tertiary/aromatic N) is 3. The average Bonchev–Trinajstić information content (AvgIpc) is 2.74. The molecule has 0 fully saturated rings. The normalized spacial score (nSPS) is 10.6. The van der Waals surface area contributed by atoms with Crippen LogP contribution in [0.5, 0.6) is 0 Å². The minimum Gasteiger partial charge on any atom is -0.476 e. The van der Waals surface area contributed by atoms with Crippen molar-refractivity contribution in [1.82, 2.24) is 15.0 Å². The molecule has 19 heavy (non-hydrogen) atoms. The lowest BCUT2D eigenvalue weighted by molar-refractivity contribution is 0.0689. The maximum Gasteiger partial charge on any atom is 0.358 e. The monoisotopic (exact) mass is 281 g/mol. The van der Waals surface area contributed by atoms with Gasteiger partial charge in [-0.15, -0.1) is 16.9 Å². The van der Waals surface area contributed by atoms with E-state index in [2.05, 4.69) is 10.3 Å². The molecule has 0 spiro atoms. The fraction of sp³-hybridized carbons (Fsp3) is 0.250. The Balaban J connectivity index is 1.97. The fourth-order valence-electron chi connectivity index (χ4n) is 1.57. The number of benzene rings is 1. The van der Waals surface area contributed by atoms with Gasteiger partial charge in [0.15, 0.2) is 5.69 Å². The number of rotatable bonds is 5. The lowest BCUT2D eigenvalue weighted by atomic mass is 10.3. The first-order chi connectivity index (χ1) is 9.09. The zero-order chi connectivity index (χ0) is 13.8. The van der Waals surface area contributed by atoms with E-state index in [0.717, 1.165) is 0 Å². The van der Waals surface area contributed by atoms with Gasteiger partial charge in [-0.1, -0.05) is 17.3 Å². The second-order valence-corrected chi connectivity index (χ2v) is 4.97. The Bertz CT molecular complexity index is 600. The number of carboxylic acids is 1. The molecule has 1 heterocycles. The molecular weight excluding hydrogens is 269 g/mol. The van der Waals surface area contributed by atoms with Crippen molar-refractivity contribution in [3.05, 3.63) is 41.5 Å². The molecular formula is C12H12FN3O2S. The summed E-state index contributed by atoms with van der Waals surface area (Å²) in [5.41, 5.74) is 0.456. The lowest BCUT2D eigenvalue weighted by Crippen LogP contribution is -2.06. The SMILES string of the molecule is Cc1c(C(=O)O)nnn1CCSc1ccccc1F. The summed E-state index contributed by atoms with van der Waals surface area (Å²) in [5, 5.41) is 16.2. The molecule has 0 bridgehead atoms. The topological polar surface area (TPSA) is 68.0 Å². The van der Waals surface area contributed by atoms with Crippen molar-refractivity contribution >= 4 is 17.7 Å². The molecule has 0 atom stereocenters. The summed E-state index contributed by atoms with van der Waals surface area (Å²) >= 11 is 1.36. The van der Waals surface area contributed by atoms with Crippen LogP contribution in [0.2, 0.25) is 0 Å². The number of halogens is 1. The van der Waals surface area contributed by atoms with E-state index in [1.54, 1.807) is 25.1 Å². The van der Waals surface area contributed by atoms with Crippen molar-refractivity contribution in [2.45, 2.75) is 18.4 Å². The Morgan fingerprint density at radius 3 is 2.84 bits per heavy atom. The summed E-state index contributed by atoms with van der Waals surface area (Å²) in [6, 6.07) is 6.53. The molecule has 0 saturated carbocycles. The van der Waals surface area contributed by atoms with Gasteiger partial charge in [0.2, 0.25) is 0 Å². The third-order valence-corrected chi connectivity index (χ3v) is 3.61.